The summed E-state index contributed by atoms with van der Waals surface area (Å²) in [5, 5.41) is 0. The zero-order valence-electron chi connectivity index (χ0n) is 13.0. The maximum atomic E-state index is 12.7. The van der Waals surface area contributed by atoms with Gasteiger partial charge in [0.25, 0.3) is 5.91 Å². The molecule has 1 aromatic rings. The third kappa shape index (κ3) is 3.52. The quantitative estimate of drug-likeness (QED) is 0.816. The molecule has 1 unspecified atom stereocenters. The van der Waals surface area contributed by atoms with Gasteiger partial charge in [-0.05, 0) is 25.5 Å². The topological polar surface area (TPSA) is 72.9 Å². The lowest BCUT2D eigenvalue weighted by molar-refractivity contribution is 0.0707. The molecule has 0 spiro atoms. The fraction of sp³-hybridized carbons (Fsp3) is 0.533. The molecule has 1 atom stereocenters. The Morgan fingerprint density at radius 1 is 1.23 bits per heavy atom. The highest BCUT2D eigenvalue weighted by molar-refractivity contribution is 7.91. The Morgan fingerprint density at radius 3 is 2.23 bits per heavy atom. The second-order valence-corrected chi connectivity index (χ2v) is 7.48. The van der Waals surface area contributed by atoms with E-state index < -0.39 is 9.84 Å². The van der Waals surface area contributed by atoms with Gasteiger partial charge in [-0.3, -0.25) is 4.79 Å². The molecular formula is C15H21NO5S. The summed E-state index contributed by atoms with van der Waals surface area (Å²) in [4.78, 5) is 14.3. The van der Waals surface area contributed by atoms with Crippen LogP contribution in [0.15, 0.2) is 18.2 Å². The molecule has 1 aliphatic heterocycles. The van der Waals surface area contributed by atoms with Crippen molar-refractivity contribution in [2.24, 2.45) is 0 Å². The summed E-state index contributed by atoms with van der Waals surface area (Å²) >= 11 is 0. The van der Waals surface area contributed by atoms with Crippen molar-refractivity contribution in [3.63, 3.8) is 0 Å². The van der Waals surface area contributed by atoms with Crippen LogP contribution in [0.25, 0.3) is 0 Å². The number of sulfone groups is 1. The van der Waals surface area contributed by atoms with Crippen LogP contribution in [0.5, 0.6) is 11.5 Å². The molecule has 0 saturated carbocycles. The van der Waals surface area contributed by atoms with Crippen LogP contribution in [0.2, 0.25) is 0 Å². The minimum Gasteiger partial charge on any atom is -0.497 e. The normalized spacial score (nSPS) is 19.7. The van der Waals surface area contributed by atoms with Crippen LogP contribution in [0.4, 0.5) is 0 Å². The third-order valence-corrected chi connectivity index (χ3v) is 5.60. The predicted molar refractivity (Wildman–Crippen MR) is 83.3 cm³/mol. The van der Waals surface area contributed by atoms with E-state index in [9.17, 15) is 13.2 Å². The number of nitrogens with zero attached hydrogens (tertiary/aromatic N) is 1. The molecule has 0 bridgehead atoms. The number of carbonyl (C=O) groups excluding carboxylic acids is 1. The lowest BCUT2D eigenvalue weighted by atomic mass is 10.1. The Balaban J connectivity index is 2.29. The molecule has 1 amide bonds. The Hall–Kier alpha value is -1.76. The van der Waals surface area contributed by atoms with Gasteiger partial charge in [-0.2, -0.15) is 0 Å². The van der Waals surface area contributed by atoms with Crippen molar-refractivity contribution in [3.8, 4) is 11.5 Å². The van der Waals surface area contributed by atoms with Crippen LogP contribution in [-0.4, -0.2) is 57.5 Å². The summed E-state index contributed by atoms with van der Waals surface area (Å²) in [6.07, 6.45) is 0.489. The van der Waals surface area contributed by atoms with Crippen LogP contribution in [0, 0.1) is 0 Å². The average Bonchev–Trinajstić information content (AvgIpc) is 2.87. The summed E-state index contributed by atoms with van der Waals surface area (Å²) in [6.45, 7) is 2.30. The van der Waals surface area contributed by atoms with E-state index in [2.05, 4.69) is 0 Å². The Morgan fingerprint density at radius 2 is 1.82 bits per heavy atom. The zero-order valence-corrected chi connectivity index (χ0v) is 13.9. The SMILES string of the molecule is CCN(C(=O)c1cc(OC)cc(OC)c1)C1CCS(=O)(=O)C1. The first-order valence-corrected chi connectivity index (χ1v) is 8.96. The van der Waals surface area contributed by atoms with Gasteiger partial charge in [0.2, 0.25) is 0 Å². The molecule has 7 heteroatoms. The first-order chi connectivity index (χ1) is 10.4. The van der Waals surface area contributed by atoms with Crippen LogP contribution in [-0.2, 0) is 9.84 Å². The first kappa shape index (κ1) is 16.6. The predicted octanol–water partition coefficient (Wildman–Crippen LogP) is 1.35. The lowest BCUT2D eigenvalue weighted by Gasteiger charge is -2.27. The molecule has 0 aliphatic carbocycles. The highest BCUT2D eigenvalue weighted by Crippen LogP contribution is 2.25. The number of hydrogen-bond donors (Lipinski definition) is 0. The van der Waals surface area contributed by atoms with Crippen LogP contribution in [0.3, 0.4) is 0 Å². The van der Waals surface area contributed by atoms with E-state index >= 15 is 0 Å². The minimum atomic E-state index is -3.04. The third-order valence-electron chi connectivity index (χ3n) is 3.85. The Kier molecular flexibility index (Phi) is 4.95. The number of hydrogen-bond acceptors (Lipinski definition) is 5. The highest BCUT2D eigenvalue weighted by atomic mass is 32.2. The second kappa shape index (κ2) is 6.56. The van der Waals surface area contributed by atoms with Crippen molar-refractivity contribution in [2.75, 3.05) is 32.3 Å². The summed E-state index contributed by atoms with van der Waals surface area (Å²) in [6, 6.07) is 4.70. The van der Waals surface area contributed by atoms with E-state index in [0.717, 1.165) is 0 Å². The van der Waals surface area contributed by atoms with Gasteiger partial charge in [0.15, 0.2) is 9.84 Å². The Labute approximate surface area is 130 Å². The van der Waals surface area contributed by atoms with Gasteiger partial charge in [0, 0.05) is 24.2 Å². The van der Waals surface area contributed by atoms with Crippen LogP contribution in [0.1, 0.15) is 23.7 Å². The van der Waals surface area contributed by atoms with Gasteiger partial charge in [-0.25, -0.2) is 8.42 Å². The molecule has 1 aliphatic rings. The molecule has 1 aromatic carbocycles. The number of benzene rings is 1. The van der Waals surface area contributed by atoms with Crippen molar-refractivity contribution in [2.45, 2.75) is 19.4 Å². The van der Waals surface area contributed by atoms with E-state index in [4.69, 9.17) is 9.47 Å². The summed E-state index contributed by atoms with van der Waals surface area (Å²) in [7, 11) is 0.000829. The molecule has 0 radical (unpaired) electrons. The summed E-state index contributed by atoms with van der Waals surface area (Å²) in [5.74, 6) is 1.02. The maximum absolute atomic E-state index is 12.7. The van der Waals surface area contributed by atoms with E-state index in [1.807, 2.05) is 6.92 Å². The van der Waals surface area contributed by atoms with Gasteiger partial charge < -0.3 is 14.4 Å². The molecular weight excluding hydrogens is 306 g/mol. The lowest BCUT2D eigenvalue weighted by Crippen LogP contribution is -2.41. The molecule has 0 N–H and O–H groups in total. The largest absolute Gasteiger partial charge is 0.497 e. The smallest absolute Gasteiger partial charge is 0.254 e. The molecule has 122 valence electrons. The number of carbonyl (C=O) groups is 1. The van der Waals surface area contributed by atoms with Crippen molar-refractivity contribution in [1.82, 2.24) is 4.90 Å². The molecule has 1 fully saturated rings. The molecule has 0 aromatic heterocycles. The standard InChI is InChI=1S/C15H21NO5S/c1-4-16(12-5-6-22(18,19)10-12)15(17)11-7-13(20-2)9-14(8-11)21-3/h7-9,12H,4-6,10H2,1-3H3. The van der Waals surface area contributed by atoms with Crippen molar-refractivity contribution < 1.29 is 22.7 Å². The van der Waals surface area contributed by atoms with E-state index in [1.165, 1.54) is 14.2 Å². The van der Waals surface area contributed by atoms with Crippen molar-refractivity contribution >= 4 is 15.7 Å². The molecule has 1 saturated heterocycles. The zero-order chi connectivity index (χ0) is 16.3. The average molecular weight is 327 g/mol. The second-order valence-electron chi connectivity index (χ2n) is 5.25. The van der Waals surface area contributed by atoms with Crippen molar-refractivity contribution in [3.05, 3.63) is 23.8 Å². The number of ether oxygens (including phenoxy) is 2. The molecule has 6 nitrogen and oxygen atoms in total. The van der Waals surface area contributed by atoms with Gasteiger partial charge in [-0.15, -0.1) is 0 Å². The van der Waals surface area contributed by atoms with Crippen LogP contribution >= 0.6 is 0 Å². The summed E-state index contributed by atoms with van der Waals surface area (Å²) < 4.78 is 33.6. The minimum absolute atomic E-state index is 0.0354. The van der Waals surface area contributed by atoms with Gasteiger partial charge in [0.05, 0.1) is 25.7 Å². The van der Waals surface area contributed by atoms with E-state index in [0.29, 0.717) is 30.0 Å². The fourth-order valence-corrected chi connectivity index (χ4v) is 4.42. The van der Waals surface area contributed by atoms with E-state index in [1.54, 1.807) is 23.1 Å². The Bertz CT molecular complexity index is 634. The monoisotopic (exact) mass is 327 g/mol. The maximum Gasteiger partial charge on any atom is 0.254 e. The number of methoxy groups -OCH3 is 2. The molecule has 22 heavy (non-hydrogen) atoms. The van der Waals surface area contributed by atoms with Gasteiger partial charge >= 0.3 is 0 Å². The summed E-state index contributed by atoms with van der Waals surface area (Å²) in [5.41, 5.74) is 0.433. The van der Waals surface area contributed by atoms with E-state index in [-0.39, 0.29) is 23.5 Å². The van der Waals surface area contributed by atoms with Gasteiger partial charge in [0.1, 0.15) is 11.5 Å². The highest BCUT2D eigenvalue weighted by Gasteiger charge is 2.34. The number of rotatable bonds is 5. The van der Waals surface area contributed by atoms with Crippen molar-refractivity contribution in [1.29, 1.82) is 0 Å². The molecule has 2 rings (SSSR count). The first-order valence-electron chi connectivity index (χ1n) is 7.14. The number of amides is 1. The van der Waals surface area contributed by atoms with Crippen LogP contribution < -0.4 is 9.47 Å². The van der Waals surface area contributed by atoms with Gasteiger partial charge in [-0.1, -0.05) is 0 Å². The molecule has 1 heterocycles. The fourth-order valence-electron chi connectivity index (χ4n) is 2.69.